The standard InChI is InChI=1S/C18H24N4O2/c1-13-9-17(24-21-13)10-20-16-6-4-14(5-7-16)11-22-8-2-3-15(12-22)18(19)23/h4-7,9,15,20H,2-3,8,10-12H2,1H3,(H2,19,23). The fourth-order valence-corrected chi connectivity index (χ4v) is 3.11. The lowest BCUT2D eigenvalue weighted by Gasteiger charge is -2.31. The molecule has 128 valence electrons. The van der Waals surface area contributed by atoms with E-state index in [1.54, 1.807) is 0 Å². The molecule has 1 amide bonds. The van der Waals surface area contributed by atoms with Crippen LogP contribution in [0, 0.1) is 12.8 Å². The summed E-state index contributed by atoms with van der Waals surface area (Å²) in [5, 5.41) is 7.19. The predicted octanol–water partition coefficient (Wildman–Crippen LogP) is 2.29. The number of carbonyl (C=O) groups excluding carboxylic acids is 1. The number of rotatable bonds is 6. The van der Waals surface area contributed by atoms with Crippen molar-refractivity contribution in [2.75, 3.05) is 18.4 Å². The summed E-state index contributed by atoms with van der Waals surface area (Å²) in [7, 11) is 0. The number of piperidine rings is 1. The van der Waals surface area contributed by atoms with Gasteiger partial charge < -0.3 is 15.6 Å². The third-order valence-electron chi connectivity index (χ3n) is 4.41. The monoisotopic (exact) mass is 328 g/mol. The molecule has 6 nitrogen and oxygen atoms in total. The summed E-state index contributed by atoms with van der Waals surface area (Å²) in [6.45, 7) is 5.16. The van der Waals surface area contributed by atoms with Crippen LogP contribution in [0.4, 0.5) is 5.69 Å². The number of aryl methyl sites for hydroxylation is 1. The first-order chi connectivity index (χ1) is 11.6. The van der Waals surface area contributed by atoms with E-state index in [2.05, 4.69) is 39.6 Å². The first-order valence-electron chi connectivity index (χ1n) is 8.37. The van der Waals surface area contributed by atoms with Crippen molar-refractivity contribution in [3.05, 3.63) is 47.3 Å². The third kappa shape index (κ3) is 4.35. The average Bonchev–Trinajstić information content (AvgIpc) is 3.00. The normalized spacial score (nSPS) is 18.5. The Bertz CT molecular complexity index is 681. The van der Waals surface area contributed by atoms with E-state index in [0.717, 1.165) is 49.6 Å². The summed E-state index contributed by atoms with van der Waals surface area (Å²) in [6, 6.07) is 10.3. The molecule has 1 fully saturated rings. The molecule has 6 heteroatoms. The predicted molar refractivity (Wildman–Crippen MR) is 92.2 cm³/mol. The van der Waals surface area contributed by atoms with Gasteiger partial charge in [0.2, 0.25) is 5.91 Å². The molecule has 3 N–H and O–H groups in total. The Hall–Kier alpha value is -2.34. The van der Waals surface area contributed by atoms with Crippen molar-refractivity contribution in [3.63, 3.8) is 0 Å². The maximum atomic E-state index is 11.4. The van der Waals surface area contributed by atoms with Crippen molar-refractivity contribution in [2.24, 2.45) is 11.7 Å². The van der Waals surface area contributed by atoms with E-state index in [4.69, 9.17) is 10.3 Å². The number of nitrogens with zero attached hydrogens (tertiary/aromatic N) is 2. The number of anilines is 1. The lowest BCUT2D eigenvalue weighted by atomic mass is 9.97. The van der Waals surface area contributed by atoms with Gasteiger partial charge in [-0.2, -0.15) is 0 Å². The number of nitrogens with one attached hydrogen (secondary N) is 1. The molecule has 2 heterocycles. The first kappa shape index (κ1) is 16.5. The van der Waals surface area contributed by atoms with Gasteiger partial charge in [0.25, 0.3) is 0 Å². The summed E-state index contributed by atoms with van der Waals surface area (Å²) in [6.07, 6.45) is 1.94. The minimum absolute atomic E-state index is 0.00921. The molecule has 1 unspecified atom stereocenters. The average molecular weight is 328 g/mol. The van der Waals surface area contributed by atoms with E-state index in [9.17, 15) is 4.79 Å². The van der Waals surface area contributed by atoms with Crippen molar-refractivity contribution in [1.82, 2.24) is 10.1 Å². The van der Waals surface area contributed by atoms with Gasteiger partial charge in [0.05, 0.1) is 18.2 Å². The molecule has 3 rings (SSSR count). The molecule has 1 aromatic heterocycles. The number of benzene rings is 1. The molecule has 1 saturated heterocycles. The highest BCUT2D eigenvalue weighted by Gasteiger charge is 2.23. The molecule has 0 radical (unpaired) electrons. The Labute approximate surface area is 142 Å². The summed E-state index contributed by atoms with van der Waals surface area (Å²) in [4.78, 5) is 13.7. The van der Waals surface area contributed by atoms with Crippen LogP contribution in [-0.4, -0.2) is 29.1 Å². The van der Waals surface area contributed by atoms with Gasteiger partial charge in [-0.1, -0.05) is 17.3 Å². The van der Waals surface area contributed by atoms with E-state index in [1.807, 2.05) is 13.0 Å². The zero-order valence-corrected chi connectivity index (χ0v) is 14.0. The summed E-state index contributed by atoms with van der Waals surface area (Å²) < 4.78 is 5.18. The van der Waals surface area contributed by atoms with E-state index in [0.29, 0.717) is 6.54 Å². The molecule has 0 bridgehead atoms. The minimum atomic E-state index is -0.179. The molecule has 0 aliphatic carbocycles. The Morgan fingerprint density at radius 3 is 2.88 bits per heavy atom. The quantitative estimate of drug-likeness (QED) is 0.850. The second-order valence-electron chi connectivity index (χ2n) is 6.46. The van der Waals surface area contributed by atoms with Gasteiger partial charge in [-0.3, -0.25) is 9.69 Å². The lowest BCUT2D eigenvalue weighted by molar-refractivity contribution is -0.123. The van der Waals surface area contributed by atoms with Gasteiger partial charge in [0, 0.05) is 24.8 Å². The number of aromatic nitrogens is 1. The molecule has 1 aliphatic heterocycles. The van der Waals surface area contributed by atoms with E-state index in [-0.39, 0.29) is 11.8 Å². The number of primary amides is 1. The highest BCUT2D eigenvalue weighted by atomic mass is 16.5. The molecule has 1 atom stereocenters. The number of carbonyl (C=O) groups is 1. The number of hydrogen-bond acceptors (Lipinski definition) is 5. The van der Waals surface area contributed by atoms with Crippen molar-refractivity contribution in [2.45, 2.75) is 32.9 Å². The zero-order valence-electron chi connectivity index (χ0n) is 14.0. The van der Waals surface area contributed by atoms with Gasteiger partial charge in [-0.05, 0) is 44.0 Å². The number of likely N-dealkylation sites (tertiary alicyclic amines) is 1. The largest absolute Gasteiger partial charge is 0.378 e. The van der Waals surface area contributed by atoms with Gasteiger partial charge in [0.1, 0.15) is 0 Å². The molecule has 1 aromatic carbocycles. The SMILES string of the molecule is Cc1cc(CNc2ccc(CN3CCCC(C(N)=O)C3)cc2)on1. The van der Waals surface area contributed by atoms with Crippen LogP contribution in [-0.2, 0) is 17.9 Å². The zero-order chi connectivity index (χ0) is 16.9. The molecule has 2 aromatic rings. The van der Waals surface area contributed by atoms with Crippen LogP contribution >= 0.6 is 0 Å². The second kappa shape index (κ2) is 7.49. The Morgan fingerprint density at radius 1 is 1.42 bits per heavy atom. The van der Waals surface area contributed by atoms with Crippen molar-refractivity contribution < 1.29 is 9.32 Å². The van der Waals surface area contributed by atoms with E-state index in [1.165, 1.54) is 5.56 Å². The van der Waals surface area contributed by atoms with Crippen LogP contribution in [0.5, 0.6) is 0 Å². The van der Waals surface area contributed by atoms with Gasteiger partial charge >= 0.3 is 0 Å². The fourth-order valence-electron chi connectivity index (χ4n) is 3.11. The Kier molecular flexibility index (Phi) is 5.15. The number of amides is 1. The molecule has 24 heavy (non-hydrogen) atoms. The molecular weight excluding hydrogens is 304 g/mol. The Morgan fingerprint density at radius 2 is 2.21 bits per heavy atom. The molecular formula is C18H24N4O2. The van der Waals surface area contributed by atoms with Crippen molar-refractivity contribution in [3.8, 4) is 0 Å². The molecule has 0 spiro atoms. The fraction of sp³-hybridized carbons (Fsp3) is 0.444. The lowest BCUT2D eigenvalue weighted by Crippen LogP contribution is -2.40. The van der Waals surface area contributed by atoms with Gasteiger partial charge in [-0.25, -0.2) is 0 Å². The summed E-state index contributed by atoms with van der Waals surface area (Å²) >= 11 is 0. The van der Waals surface area contributed by atoms with Crippen LogP contribution < -0.4 is 11.1 Å². The smallest absolute Gasteiger partial charge is 0.221 e. The van der Waals surface area contributed by atoms with Crippen LogP contribution in [0.3, 0.4) is 0 Å². The second-order valence-corrected chi connectivity index (χ2v) is 6.46. The van der Waals surface area contributed by atoms with E-state index >= 15 is 0 Å². The Balaban J connectivity index is 1.51. The highest BCUT2D eigenvalue weighted by Crippen LogP contribution is 2.19. The highest BCUT2D eigenvalue weighted by molar-refractivity contribution is 5.76. The molecule has 0 saturated carbocycles. The van der Waals surface area contributed by atoms with Crippen molar-refractivity contribution in [1.29, 1.82) is 0 Å². The van der Waals surface area contributed by atoms with E-state index < -0.39 is 0 Å². The van der Waals surface area contributed by atoms with Gasteiger partial charge in [-0.15, -0.1) is 0 Å². The van der Waals surface area contributed by atoms with Crippen LogP contribution in [0.25, 0.3) is 0 Å². The first-order valence-corrected chi connectivity index (χ1v) is 8.37. The molecule has 1 aliphatic rings. The van der Waals surface area contributed by atoms with Gasteiger partial charge in [0.15, 0.2) is 5.76 Å². The number of hydrogen-bond donors (Lipinski definition) is 2. The number of nitrogens with two attached hydrogens (primary N) is 1. The van der Waals surface area contributed by atoms with Crippen LogP contribution in [0.1, 0.15) is 29.9 Å². The third-order valence-corrected chi connectivity index (χ3v) is 4.41. The summed E-state index contributed by atoms with van der Waals surface area (Å²) in [5.74, 6) is 0.634. The topological polar surface area (TPSA) is 84.4 Å². The maximum absolute atomic E-state index is 11.4. The summed E-state index contributed by atoms with van der Waals surface area (Å²) in [5.41, 5.74) is 8.61. The van der Waals surface area contributed by atoms with Crippen LogP contribution in [0.2, 0.25) is 0 Å². The minimum Gasteiger partial charge on any atom is -0.378 e. The van der Waals surface area contributed by atoms with Crippen molar-refractivity contribution >= 4 is 11.6 Å². The van der Waals surface area contributed by atoms with Crippen LogP contribution in [0.15, 0.2) is 34.9 Å². The maximum Gasteiger partial charge on any atom is 0.221 e.